The van der Waals surface area contributed by atoms with Crippen molar-refractivity contribution in [1.29, 1.82) is 0 Å². The van der Waals surface area contributed by atoms with Crippen LogP contribution >= 0.6 is 23.1 Å². The lowest BCUT2D eigenvalue weighted by molar-refractivity contribution is -0.115. The largest absolute Gasteiger partial charge is 0.465 e. The van der Waals surface area contributed by atoms with E-state index in [9.17, 15) is 14.4 Å². The highest BCUT2D eigenvalue weighted by Crippen LogP contribution is 2.39. The van der Waals surface area contributed by atoms with E-state index >= 15 is 0 Å². The first-order chi connectivity index (χ1) is 17.9. The molecule has 1 aliphatic rings. The molecule has 0 aliphatic heterocycles. The summed E-state index contributed by atoms with van der Waals surface area (Å²) in [7, 11) is 1.38. The molecule has 2 N–H and O–H groups in total. The number of hydrogen-bond donors (Lipinski definition) is 2. The monoisotopic (exact) mass is 536 g/mol. The standard InChI is InChI=1S/C29H32N2O4S2/c1-4-23(27(33)31-28-25(29(34)35-3)22-11-6-5-7-12-24(22)37-28)36-21-10-8-9-20(17-21)30-26(32)19-15-13-18(2)14-16-19/h8-10,13-17,23H,4-7,11-12H2,1-3H3,(H,30,32)(H,31,33). The van der Waals surface area contributed by atoms with E-state index in [4.69, 9.17) is 4.74 Å². The number of thioether (sulfide) groups is 1. The van der Waals surface area contributed by atoms with Crippen LogP contribution in [0.15, 0.2) is 53.4 Å². The zero-order valence-corrected chi connectivity index (χ0v) is 23.0. The Morgan fingerprint density at radius 2 is 1.78 bits per heavy atom. The summed E-state index contributed by atoms with van der Waals surface area (Å²) in [5.74, 6) is -0.727. The van der Waals surface area contributed by atoms with E-state index in [1.165, 1.54) is 35.1 Å². The average Bonchev–Trinajstić information content (AvgIpc) is 3.07. The fraction of sp³-hybridized carbons (Fsp3) is 0.345. The minimum absolute atomic E-state index is 0.150. The molecule has 8 heteroatoms. The second kappa shape index (κ2) is 12.4. The average molecular weight is 537 g/mol. The number of carbonyl (C=O) groups excluding carboxylic acids is 3. The molecule has 1 aliphatic carbocycles. The Balaban J connectivity index is 1.47. The van der Waals surface area contributed by atoms with Crippen molar-refractivity contribution >= 4 is 51.6 Å². The number of esters is 1. The van der Waals surface area contributed by atoms with Gasteiger partial charge in [-0.1, -0.05) is 37.1 Å². The van der Waals surface area contributed by atoms with E-state index in [0.29, 0.717) is 28.2 Å². The number of benzene rings is 2. The summed E-state index contributed by atoms with van der Waals surface area (Å²) in [5.41, 5.74) is 3.89. The number of rotatable bonds is 8. The first-order valence-corrected chi connectivity index (χ1v) is 14.3. The maximum absolute atomic E-state index is 13.3. The number of amides is 2. The lowest BCUT2D eigenvalue weighted by atomic mass is 10.1. The van der Waals surface area contributed by atoms with Crippen LogP contribution in [0.5, 0.6) is 0 Å². The van der Waals surface area contributed by atoms with Crippen LogP contribution in [0.2, 0.25) is 0 Å². The number of thiophene rings is 1. The molecule has 37 heavy (non-hydrogen) atoms. The predicted octanol–water partition coefficient (Wildman–Crippen LogP) is 6.87. The Morgan fingerprint density at radius 1 is 1.03 bits per heavy atom. The molecule has 0 radical (unpaired) electrons. The van der Waals surface area contributed by atoms with Gasteiger partial charge in [0, 0.05) is 21.0 Å². The van der Waals surface area contributed by atoms with Crippen molar-refractivity contribution in [3.63, 3.8) is 0 Å². The molecule has 194 valence electrons. The Labute approximate surface area is 226 Å². The van der Waals surface area contributed by atoms with Gasteiger partial charge in [-0.2, -0.15) is 0 Å². The van der Waals surface area contributed by atoms with Gasteiger partial charge in [-0.15, -0.1) is 23.1 Å². The smallest absolute Gasteiger partial charge is 0.341 e. The van der Waals surface area contributed by atoms with Gasteiger partial charge in [-0.05, 0) is 74.9 Å². The van der Waals surface area contributed by atoms with E-state index in [-0.39, 0.29) is 17.1 Å². The number of carbonyl (C=O) groups is 3. The van der Waals surface area contributed by atoms with Crippen LogP contribution in [-0.2, 0) is 22.4 Å². The van der Waals surface area contributed by atoms with Crippen LogP contribution in [0, 0.1) is 6.92 Å². The van der Waals surface area contributed by atoms with E-state index in [1.54, 1.807) is 12.1 Å². The first-order valence-electron chi connectivity index (χ1n) is 12.6. The molecule has 1 atom stereocenters. The topological polar surface area (TPSA) is 84.5 Å². The maximum atomic E-state index is 13.3. The van der Waals surface area contributed by atoms with E-state index in [2.05, 4.69) is 10.6 Å². The van der Waals surface area contributed by atoms with E-state index in [1.807, 2.05) is 50.2 Å². The molecular weight excluding hydrogens is 504 g/mol. The first kappa shape index (κ1) is 26.9. The van der Waals surface area contributed by atoms with Crippen molar-refractivity contribution in [2.75, 3.05) is 17.7 Å². The van der Waals surface area contributed by atoms with Gasteiger partial charge in [0.2, 0.25) is 5.91 Å². The zero-order chi connectivity index (χ0) is 26.4. The van der Waals surface area contributed by atoms with E-state index < -0.39 is 5.97 Å². The van der Waals surface area contributed by atoms with Crippen molar-refractivity contribution in [1.82, 2.24) is 0 Å². The minimum Gasteiger partial charge on any atom is -0.465 e. The molecule has 0 spiro atoms. The molecular formula is C29H32N2O4S2. The third-order valence-electron chi connectivity index (χ3n) is 6.39. The minimum atomic E-state index is -0.396. The number of methoxy groups -OCH3 is 1. The molecule has 2 aromatic carbocycles. The predicted molar refractivity (Wildman–Crippen MR) is 151 cm³/mol. The Morgan fingerprint density at radius 3 is 2.51 bits per heavy atom. The molecule has 0 saturated heterocycles. The Bertz CT molecular complexity index is 1280. The third-order valence-corrected chi connectivity index (χ3v) is 8.96. The van der Waals surface area contributed by atoms with Crippen LogP contribution in [0.4, 0.5) is 10.7 Å². The van der Waals surface area contributed by atoms with Gasteiger partial charge in [0.1, 0.15) is 5.00 Å². The summed E-state index contributed by atoms with van der Waals surface area (Å²) in [6, 6.07) is 14.9. The molecule has 1 heterocycles. The molecule has 0 saturated carbocycles. The number of ether oxygens (including phenoxy) is 1. The van der Waals surface area contributed by atoms with Gasteiger partial charge in [0.15, 0.2) is 0 Å². The highest BCUT2D eigenvalue weighted by Gasteiger charge is 2.28. The summed E-state index contributed by atoms with van der Waals surface area (Å²) in [5, 5.41) is 6.19. The lowest BCUT2D eigenvalue weighted by Crippen LogP contribution is -2.25. The SMILES string of the molecule is CCC(Sc1cccc(NC(=O)c2ccc(C)cc2)c1)C(=O)Nc1sc2c(c1C(=O)OC)CCCCC2. The van der Waals surface area contributed by atoms with Crippen molar-refractivity contribution in [2.24, 2.45) is 0 Å². The van der Waals surface area contributed by atoms with Crippen molar-refractivity contribution < 1.29 is 19.1 Å². The maximum Gasteiger partial charge on any atom is 0.341 e. The fourth-order valence-electron chi connectivity index (χ4n) is 4.38. The number of anilines is 2. The number of nitrogens with one attached hydrogen (secondary N) is 2. The van der Waals surface area contributed by atoms with Gasteiger partial charge in [0.25, 0.3) is 5.91 Å². The van der Waals surface area contributed by atoms with Gasteiger partial charge < -0.3 is 15.4 Å². The molecule has 4 rings (SSSR count). The molecule has 0 fully saturated rings. The van der Waals surface area contributed by atoms with Crippen LogP contribution in [-0.4, -0.2) is 30.1 Å². The highest BCUT2D eigenvalue weighted by atomic mass is 32.2. The van der Waals surface area contributed by atoms with Crippen molar-refractivity contribution in [3.05, 3.63) is 75.7 Å². The molecule has 0 bridgehead atoms. The number of aryl methyl sites for hydroxylation is 2. The summed E-state index contributed by atoms with van der Waals surface area (Å²) < 4.78 is 5.07. The second-order valence-corrected chi connectivity index (χ2v) is 11.5. The molecule has 1 unspecified atom stereocenters. The fourth-order valence-corrected chi connectivity index (χ4v) is 6.68. The number of fused-ring (bicyclic) bond motifs is 1. The van der Waals surface area contributed by atoms with Crippen LogP contribution in [0.25, 0.3) is 0 Å². The Kier molecular flexibility index (Phi) is 9.05. The highest BCUT2D eigenvalue weighted by molar-refractivity contribution is 8.00. The molecule has 2 amide bonds. The zero-order valence-electron chi connectivity index (χ0n) is 21.4. The summed E-state index contributed by atoms with van der Waals surface area (Å²) in [6.45, 7) is 3.94. The van der Waals surface area contributed by atoms with E-state index in [0.717, 1.165) is 48.1 Å². The summed E-state index contributed by atoms with van der Waals surface area (Å²) in [4.78, 5) is 40.6. The van der Waals surface area contributed by atoms with Crippen LogP contribution in [0.3, 0.4) is 0 Å². The molecule has 1 aromatic heterocycles. The lowest BCUT2D eigenvalue weighted by Gasteiger charge is -2.16. The van der Waals surface area contributed by atoms with Crippen LogP contribution in [0.1, 0.15) is 69.3 Å². The molecule has 6 nitrogen and oxygen atoms in total. The Hall–Kier alpha value is -3.10. The van der Waals surface area contributed by atoms with Gasteiger partial charge in [-0.25, -0.2) is 4.79 Å². The normalized spacial score (nSPS) is 13.7. The second-order valence-electron chi connectivity index (χ2n) is 9.11. The quantitative estimate of drug-likeness (QED) is 0.186. The van der Waals surface area contributed by atoms with Gasteiger partial charge >= 0.3 is 5.97 Å². The number of hydrogen-bond acceptors (Lipinski definition) is 6. The third kappa shape index (κ3) is 6.62. The van der Waals surface area contributed by atoms with Crippen molar-refractivity contribution in [2.45, 2.75) is 62.5 Å². The van der Waals surface area contributed by atoms with Gasteiger partial charge in [-0.3, -0.25) is 9.59 Å². The summed E-state index contributed by atoms with van der Waals surface area (Å²) in [6.07, 6.45) is 5.63. The summed E-state index contributed by atoms with van der Waals surface area (Å²) >= 11 is 2.94. The van der Waals surface area contributed by atoms with Crippen LogP contribution < -0.4 is 10.6 Å². The molecule has 3 aromatic rings. The van der Waals surface area contributed by atoms with Gasteiger partial charge in [0.05, 0.1) is 17.9 Å². The van der Waals surface area contributed by atoms with Crippen molar-refractivity contribution in [3.8, 4) is 0 Å².